The summed E-state index contributed by atoms with van der Waals surface area (Å²) >= 11 is 1.04. The summed E-state index contributed by atoms with van der Waals surface area (Å²) < 4.78 is 64.6. The fourth-order valence-corrected chi connectivity index (χ4v) is 5.88. The van der Waals surface area contributed by atoms with Crippen molar-refractivity contribution < 1.29 is 41.1 Å². The smallest absolute Gasteiger partial charge is 0.416 e. The third-order valence-electron chi connectivity index (χ3n) is 5.83. The molecule has 14 heteroatoms. The molecule has 2 heterocycles. The van der Waals surface area contributed by atoms with Crippen LogP contribution in [-0.4, -0.2) is 53.0 Å². The molecular formula is C22H24F3N3O6S2. The highest BCUT2D eigenvalue weighted by Gasteiger charge is 2.61. The van der Waals surface area contributed by atoms with Gasteiger partial charge in [0, 0.05) is 17.1 Å². The van der Waals surface area contributed by atoms with Gasteiger partial charge in [0.25, 0.3) is 5.91 Å². The molecule has 3 atom stereocenters. The molecule has 1 aliphatic heterocycles. The number of alkyl halides is 3. The van der Waals surface area contributed by atoms with Gasteiger partial charge in [-0.1, -0.05) is 13.8 Å². The lowest BCUT2D eigenvalue weighted by molar-refractivity contribution is -0.150. The minimum atomic E-state index is -4.64. The van der Waals surface area contributed by atoms with E-state index in [0.29, 0.717) is 12.1 Å². The summed E-state index contributed by atoms with van der Waals surface area (Å²) in [5.41, 5.74) is -3.17. The molecule has 36 heavy (non-hydrogen) atoms. The van der Waals surface area contributed by atoms with E-state index in [9.17, 15) is 41.1 Å². The molecule has 0 bridgehead atoms. The predicted octanol–water partition coefficient (Wildman–Crippen LogP) is 3.31. The molecule has 1 fully saturated rings. The number of carboxylic acid groups (broad SMARTS) is 1. The van der Waals surface area contributed by atoms with Crippen LogP contribution in [0, 0.1) is 11.8 Å². The second-order valence-electron chi connectivity index (χ2n) is 9.05. The summed E-state index contributed by atoms with van der Waals surface area (Å²) in [6.07, 6.45) is -3.01. The number of carbonyl (C=O) groups is 3. The van der Waals surface area contributed by atoms with Crippen LogP contribution in [-0.2, 0) is 25.8 Å². The Morgan fingerprint density at radius 3 is 2.31 bits per heavy atom. The number of nitrogens with one attached hydrogen (secondary N) is 1. The zero-order valence-corrected chi connectivity index (χ0v) is 21.1. The van der Waals surface area contributed by atoms with Crippen LogP contribution in [0.4, 0.5) is 13.2 Å². The van der Waals surface area contributed by atoms with Gasteiger partial charge >= 0.3 is 12.1 Å². The molecule has 1 aromatic heterocycles. The van der Waals surface area contributed by atoms with Gasteiger partial charge in [0.2, 0.25) is 15.9 Å². The number of hydrogen-bond acceptors (Lipinski definition) is 7. The number of carbonyl (C=O) groups excluding carboxylic acids is 2. The van der Waals surface area contributed by atoms with E-state index in [-0.39, 0.29) is 22.9 Å². The molecule has 2 N–H and O–H groups in total. The lowest BCUT2D eigenvalue weighted by Crippen LogP contribution is -2.54. The van der Waals surface area contributed by atoms with E-state index in [4.69, 9.17) is 0 Å². The Morgan fingerprint density at radius 2 is 1.86 bits per heavy atom. The Balaban J connectivity index is 2.21. The number of halogens is 3. The normalized spacial score (nSPS) is 22.6. The van der Waals surface area contributed by atoms with E-state index in [1.165, 1.54) is 6.20 Å². The van der Waals surface area contributed by atoms with E-state index in [0.717, 1.165) is 34.6 Å². The largest absolute Gasteiger partial charge is 0.479 e. The summed E-state index contributed by atoms with van der Waals surface area (Å²) in [5, 5.41) is 12.1. The van der Waals surface area contributed by atoms with Crippen LogP contribution < -0.4 is 4.72 Å². The number of rotatable bonds is 7. The fraction of sp³-hybridized carbons (Fsp3) is 0.455. The third-order valence-corrected chi connectivity index (χ3v) is 7.25. The highest BCUT2D eigenvalue weighted by molar-refractivity contribution is 7.89. The first-order valence-corrected chi connectivity index (χ1v) is 13.5. The van der Waals surface area contributed by atoms with Gasteiger partial charge in [0.05, 0.1) is 23.8 Å². The van der Waals surface area contributed by atoms with Crippen LogP contribution in [0.1, 0.15) is 53.7 Å². The number of likely N-dealkylation sites (tertiary alicyclic amines) is 1. The minimum Gasteiger partial charge on any atom is -0.479 e. The first-order valence-electron chi connectivity index (χ1n) is 10.7. The molecule has 9 nitrogen and oxygen atoms in total. The van der Waals surface area contributed by atoms with Gasteiger partial charge < -0.3 is 10.0 Å². The molecule has 1 aromatic carbocycles. The second-order valence-corrected chi connectivity index (χ2v) is 11.7. The number of nitrogens with zero attached hydrogens (tertiary/aromatic N) is 2. The number of aromatic nitrogens is 1. The number of benzene rings is 1. The standard InChI is InChI=1S/C22H24F3N3O6S2/c1-12(2)10-21(20(31)32)11-15(17(29)27-36(3,33)34)16(18-26-8-9-35-18)28(21)19(30)13-4-6-14(7-5-13)22(23,24)25/h4-9,12,15-16H,10-11H2,1-3H3,(H,27,29)(H,31,32)/t15-,16+,21-/m0/s1. The van der Waals surface area contributed by atoms with Crippen molar-refractivity contribution in [1.29, 1.82) is 0 Å². The van der Waals surface area contributed by atoms with E-state index in [2.05, 4.69) is 4.98 Å². The average Bonchev–Trinajstić information content (AvgIpc) is 3.37. The van der Waals surface area contributed by atoms with Gasteiger partial charge in [-0.25, -0.2) is 18.2 Å². The van der Waals surface area contributed by atoms with Gasteiger partial charge in [0.1, 0.15) is 10.5 Å². The maximum atomic E-state index is 13.8. The van der Waals surface area contributed by atoms with E-state index in [1.807, 2.05) is 4.72 Å². The lowest BCUT2D eigenvalue weighted by Gasteiger charge is -2.38. The fourth-order valence-electron chi connectivity index (χ4n) is 4.57. The van der Waals surface area contributed by atoms with Crippen LogP contribution in [0.3, 0.4) is 0 Å². The Morgan fingerprint density at radius 1 is 1.25 bits per heavy atom. The Kier molecular flexibility index (Phi) is 7.51. The molecule has 0 unspecified atom stereocenters. The Hall–Kier alpha value is -3.00. The molecule has 0 aliphatic carbocycles. The Bertz CT molecular complexity index is 1250. The molecule has 2 aromatic rings. The topological polar surface area (TPSA) is 134 Å². The zero-order valence-electron chi connectivity index (χ0n) is 19.4. The van der Waals surface area contributed by atoms with Crippen LogP contribution in [0.2, 0.25) is 0 Å². The maximum absolute atomic E-state index is 13.8. The van der Waals surface area contributed by atoms with Crippen molar-refractivity contribution in [2.24, 2.45) is 11.8 Å². The van der Waals surface area contributed by atoms with Gasteiger partial charge in [-0.3, -0.25) is 14.3 Å². The summed E-state index contributed by atoms with van der Waals surface area (Å²) in [4.78, 5) is 44.7. The maximum Gasteiger partial charge on any atom is 0.416 e. The molecule has 196 valence electrons. The second kappa shape index (κ2) is 9.81. The van der Waals surface area contributed by atoms with Crippen LogP contribution in [0.25, 0.3) is 0 Å². The molecule has 0 radical (unpaired) electrons. The van der Waals surface area contributed by atoms with Gasteiger partial charge in [-0.2, -0.15) is 13.2 Å². The van der Waals surface area contributed by atoms with Crippen molar-refractivity contribution >= 4 is 39.1 Å². The average molecular weight is 548 g/mol. The molecule has 2 amide bonds. The van der Waals surface area contributed by atoms with Crippen molar-refractivity contribution in [3.05, 3.63) is 52.0 Å². The molecule has 1 saturated heterocycles. The van der Waals surface area contributed by atoms with E-state index < -0.39 is 63.5 Å². The predicted molar refractivity (Wildman–Crippen MR) is 123 cm³/mol. The zero-order chi connectivity index (χ0) is 27.1. The van der Waals surface area contributed by atoms with E-state index in [1.54, 1.807) is 19.2 Å². The molecule has 3 rings (SSSR count). The SMILES string of the molecule is CC(C)C[C@@]1(C(=O)O)C[C@H](C(=O)NS(C)(=O)=O)[C@H](c2nccs2)N1C(=O)c1ccc(C(F)(F)F)cc1. The quantitative estimate of drug-likeness (QED) is 0.543. The van der Waals surface area contributed by atoms with Crippen molar-refractivity contribution in [3.63, 3.8) is 0 Å². The van der Waals surface area contributed by atoms with Crippen LogP contribution in [0.5, 0.6) is 0 Å². The first-order chi connectivity index (χ1) is 16.6. The molecule has 0 saturated carbocycles. The van der Waals surface area contributed by atoms with Crippen molar-refractivity contribution in [3.8, 4) is 0 Å². The number of carboxylic acids is 1. The van der Waals surface area contributed by atoms with Crippen LogP contribution >= 0.6 is 11.3 Å². The van der Waals surface area contributed by atoms with Crippen molar-refractivity contribution in [1.82, 2.24) is 14.6 Å². The minimum absolute atomic E-state index is 0.0980. The van der Waals surface area contributed by atoms with Crippen molar-refractivity contribution in [2.45, 2.75) is 44.4 Å². The number of sulfonamides is 1. The highest BCUT2D eigenvalue weighted by Crippen LogP contribution is 2.51. The van der Waals surface area contributed by atoms with E-state index >= 15 is 0 Å². The van der Waals surface area contributed by atoms with Crippen molar-refractivity contribution in [2.75, 3.05) is 6.26 Å². The highest BCUT2D eigenvalue weighted by atomic mass is 32.2. The molecule has 1 aliphatic rings. The van der Waals surface area contributed by atoms with Crippen LogP contribution in [0.15, 0.2) is 35.8 Å². The molecular weight excluding hydrogens is 523 g/mol. The van der Waals surface area contributed by atoms with Gasteiger partial charge in [0.15, 0.2) is 0 Å². The first kappa shape index (κ1) is 27.6. The third kappa shape index (κ3) is 5.53. The number of thiazole rings is 1. The Labute approximate surface area is 209 Å². The summed E-state index contributed by atoms with van der Waals surface area (Å²) in [5.74, 6) is -4.93. The summed E-state index contributed by atoms with van der Waals surface area (Å²) in [6, 6.07) is 2.03. The summed E-state index contributed by atoms with van der Waals surface area (Å²) in [6.45, 7) is 3.43. The van der Waals surface area contributed by atoms with Gasteiger partial charge in [-0.05, 0) is 43.0 Å². The summed E-state index contributed by atoms with van der Waals surface area (Å²) in [7, 11) is -4.02. The molecule has 0 spiro atoms. The number of aliphatic carboxylic acids is 1. The lowest BCUT2D eigenvalue weighted by atomic mass is 9.83. The monoisotopic (exact) mass is 547 g/mol. The number of amides is 2. The number of hydrogen-bond donors (Lipinski definition) is 2. The van der Waals surface area contributed by atoms with Gasteiger partial charge in [-0.15, -0.1) is 11.3 Å².